The van der Waals surface area contributed by atoms with Gasteiger partial charge in [-0.1, -0.05) is 30.3 Å². The van der Waals surface area contributed by atoms with E-state index in [0.29, 0.717) is 13.0 Å². The number of methoxy groups -OCH3 is 1. The van der Waals surface area contributed by atoms with Gasteiger partial charge in [-0.05, 0) is 25.8 Å². The molecule has 1 heterocycles. The quantitative estimate of drug-likeness (QED) is 0.617. The van der Waals surface area contributed by atoms with Gasteiger partial charge in [0.1, 0.15) is 5.41 Å². The molecule has 4 nitrogen and oxygen atoms in total. The molecular weight excluding hydrogens is 242 g/mol. The minimum absolute atomic E-state index is 0.0387. The normalized spacial score (nSPS) is 26.6. The third-order valence-corrected chi connectivity index (χ3v) is 3.80. The van der Waals surface area contributed by atoms with Crippen molar-refractivity contribution < 1.29 is 14.3 Å². The molecule has 0 unspecified atom stereocenters. The van der Waals surface area contributed by atoms with Crippen molar-refractivity contribution in [3.63, 3.8) is 0 Å². The number of likely N-dealkylation sites (tertiary alicyclic amines) is 1. The summed E-state index contributed by atoms with van der Waals surface area (Å²) < 4.78 is 4.77. The smallest absolute Gasteiger partial charge is 0.321 e. The van der Waals surface area contributed by atoms with E-state index in [-0.39, 0.29) is 11.9 Å². The molecule has 1 fully saturated rings. The van der Waals surface area contributed by atoms with Crippen molar-refractivity contribution in [2.45, 2.75) is 32.9 Å². The molecule has 1 aromatic rings. The number of hydrogen-bond acceptors (Lipinski definition) is 3. The van der Waals surface area contributed by atoms with Crippen LogP contribution in [0.2, 0.25) is 0 Å². The first-order valence-electron chi connectivity index (χ1n) is 6.42. The summed E-state index contributed by atoms with van der Waals surface area (Å²) in [6, 6.07) is 9.83. The second-order valence-corrected chi connectivity index (χ2v) is 5.30. The molecule has 102 valence electrons. The highest BCUT2D eigenvalue weighted by Crippen LogP contribution is 2.37. The van der Waals surface area contributed by atoms with Gasteiger partial charge in [-0.3, -0.25) is 9.59 Å². The zero-order chi connectivity index (χ0) is 14.0. The van der Waals surface area contributed by atoms with Crippen LogP contribution in [0.25, 0.3) is 0 Å². The van der Waals surface area contributed by atoms with E-state index in [0.717, 1.165) is 5.56 Å². The predicted octanol–water partition coefficient (Wildman–Crippen LogP) is 1.99. The molecule has 1 saturated heterocycles. The first kappa shape index (κ1) is 13.6. The first-order valence-corrected chi connectivity index (χ1v) is 6.42. The Morgan fingerprint density at radius 1 is 1.42 bits per heavy atom. The molecule has 1 aliphatic heterocycles. The molecule has 1 aromatic carbocycles. The van der Waals surface area contributed by atoms with E-state index >= 15 is 0 Å². The molecule has 0 saturated carbocycles. The minimum Gasteiger partial charge on any atom is -0.468 e. The summed E-state index contributed by atoms with van der Waals surface area (Å²) in [5.41, 5.74) is 0.0278. The highest BCUT2D eigenvalue weighted by Gasteiger charge is 2.52. The summed E-state index contributed by atoms with van der Waals surface area (Å²) in [7, 11) is 1.32. The Labute approximate surface area is 113 Å². The average molecular weight is 261 g/mol. The fourth-order valence-electron chi connectivity index (χ4n) is 2.71. The molecule has 0 N–H and O–H groups in total. The molecule has 0 aliphatic carbocycles. The average Bonchev–Trinajstić information content (AvgIpc) is 2.64. The van der Waals surface area contributed by atoms with Crippen molar-refractivity contribution in [2.75, 3.05) is 7.11 Å². The van der Waals surface area contributed by atoms with E-state index in [1.165, 1.54) is 7.11 Å². The van der Waals surface area contributed by atoms with Gasteiger partial charge in [-0.25, -0.2) is 0 Å². The lowest BCUT2D eigenvalue weighted by atomic mass is 9.87. The number of carbonyl (C=O) groups excluding carboxylic acids is 2. The summed E-state index contributed by atoms with van der Waals surface area (Å²) in [5, 5.41) is 0. The largest absolute Gasteiger partial charge is 0.468 e. The van der Waals surface area contributed by atoms with Gasteiger partial charge in [0.2, 0.25) is 5.91 Å². The van der Waals surface area contributed by atoms with Crippen LogP contribution < -0.4 is 0 Å². The van der Waals surface area contributed by atoms with Crippen molar-refractivity contribution in [1.82, 2.24) is 4.90 Å². The molecule has 1 aliphatic rings. The molecule has 19 heavy (non-hydrogen) atoms. The van der Waals surface area contributed by atoms with Crippen LogP contribution in [0.4, 0.5) is 0 Å². The summed E-state index contributed by atoms with van der Waals surface area (Å²) in [4.78, 5) is 26.0. The molecule has 0 spiro atoms. The molecule has 4 heteroatoms. The third kappa shape index (κ3) is 2.35. The molecule has 0 radical (unpaired) electrons. The zero-order valence-electron chi connectivity index (χ0n) is 11.6. The van der Waals surface area contributed by atoms with Gasteiger partial charge in [0.15, 0.2) is 0 Å². The van der Waals surface area contributed by atoms with Gasteiger partial charge in [-0.15, -0.1) is 0 Å². The summed E-state index contributed by atoms with van der Waals surface area (Å²) in [5.74, 6) is -0.587. The number of benzene rings is 1. The number of ether oxygens (including phenoxy) is 1. The maximum Gasteiger partial charge on any atom is 0.321 e. The highest BCUT2D eigenvalue weighted by atomic mass is 16.5. The fourth-order valence-corrected chi connectivity index (χ4v) is 2.71. The number of esters is 1. The van der Waals surface area contributed by atoms with E-state index in [1.54, 1.807) is 11.8 Å². The van der Waals surface area contributed by atoms with Gasteiger partial charge in [0, 0.05) is 12.6 Å². The van der Waals surface area contributed by atoms with Gasteiger partial charge in [0.25, 0.3) is 0 Å². The Balaban J connectivity index is 2.20. The monoisotopic (exact) mass is 261 g/mol. The standard InChI is InChI=1S/C15H19NO3/c1-11-9-15(2,14(18)19-3)13(17)16(11)10-12-7-5-4-6-8-12/h4-8,11H,9-10H2,1-3H3/t11-,15-/m1/s1. The van der Waals surface area contributed by atoms with E-state index in [4.69, 9.17) is 4.74 Å². The van der Waals surface area contributed by atoms with Crippen LogP contribution >= 0.6 is 0 Å². The maximum absolute atomic E-state index is 12.5. The van der Waals surface area contributed by atoms with E-state index in [1.807, 2.05) is 37.3 Å². The molecule has 0 bridgehead atoms. The fraction of sp³-hybridized carbons (Fsp3) is 0.467. The SMILES string of the molecule is COC(=O)[C@]1(C)C[C@@H](C)N(Cc2ccccc2)C1=O. The molecule has 2 rings (SSSR count). The second kappa shape index (κ2) is 5.03. The topological polar surface area (TPSA) is 46.6 Å². The zero-order valence-corrected chi connectivity index (χ0v) is 11.6. The van der Waals surface area contributed by atoms with Crippen LogP contribution in [0.1, 0.15) is 25.8 Å². The number of amides is 1. The highest BCUT2D eigenvalue weighted by molar-refractivity contribution is 6.03. The van der Waals surface area contributed by atoms with Crippen LogP contribution in [0.5, 0.6) is 0 Å². The van der Waals surface area contributed by atoms with Crippen molar-refractivity contribution in [3.05, 3.63) is 35.9 Å². The summed E-state index contributed by atoms with van der Waals surface area (Å²) in [6.07, 6.45) is 0.505. The van der Waals surface area contributed by atoms with Gasteiger partial charge in [0.05, 0.1) is 7.11 Å². The number of rotatable bonds is 3. The number of nitrogens with zero attached hydrogens (tertiary/aromatic N) is 1. The van der Waals surface area contributed by atoms with Crippen LogP contribution in [-0.4, -0.2) is 29.9 Å². The summed E-state index contributed by atoms with van der Waals surface area (Å²) in [6.45, 7) is 4.17. The van der Waals surface area contributed by atoms with Crippen molar-refractivity contribution >= 4 is 11.9 Å². The van der Waals surface area contributed by atoms with Crippen molar-refractivity contribution in [2.24, 2.45) is 5.41 Å². The van der Waals surface area contributed by atoms with E-state index in [9.17, 15) is 9.59 Å². The lowest BCUT2D eigenvalue weighted by Gasteiger charge is -2.23. The van der Waals surface area contributed by atoms with Crippen LogP contribution in [0, 0.1) is 5.41 Å². The Kier molecular flexibility index (Phi) is 3.60. The van der Waals surface area contributed by atoms with Gasteiger partial charge in [-0.2, -0.15) is 0 Å². The predicted molar refractivity (Wildman–Crippen MR) is 71.2 cm³/mol. The lowest BCUT2D eigenvalue weighted by molar-refractivity contribution is -0.157. The minimum atomic E-state index is -1.04. The van der Waals surface area contributed by atoms with Crippen LogP contribution in [0.15, 0.2) is 30.3 Å². The Bertz CT molecular complexity index is 485. The molecular formula is C15H19NO3. The van der Waals surface area contributed by atoms with Crippen molar-refractivity contribution in [1.29, 1.82) is 0 Å². The molecule has 1 amide bonds. The number of hydrogen-bond donors (Lipinski definition) is 0. The third-order valence-electron chi connectivity index (χ3n) is 3.80. The van der Waals surface area contributed by atoms with Gasteiger partial charge < -0.3 is 9.64 Å². The Morgan fingerprint density at radius 3 is 2.63 bits per heavy atom. The van der Waals surface area contributed by atoms with Crippen LogP contribution in [-0.2, 0) is 20.9 Å². The molecule has 0 aromatic heterocycles. The number of carbonyl (C=O) groups is 2. The Hall–Kier alpha value is -1.84. The molecule has 2 atom stereocenters. The first-order chi connectivity index (χ1) is 8.99. The van der Waals surface area contributed by atoms with Crippen molar-refractivity contribution in [3.8, 4) is 0 Å². The summed E-state index contributed by atoms with van der Waals surface area (Å²) >= 11 is 0. The Morgan fingerprint density at radius 2 is 2.05 bits per heavy atom. The van der Waals surface area contributed by atoms with E-state index < -0.39 is 11.4 Å². The van der Waals surface area contributed by atoms with Gasteiger partial charge >= 0.3 is 5.97 Å². The second-order valence-electron chi connectivity index (χ2n) is 5.30. The van der Waals surface area contributed by atoms with Crippen LogP contribution in [0.3, 0.4) is 0 Å². The maximum atomic E-state index is 12.5. The van der Waals surface area contributed by atoms with E-state index in [2.05, 4.69) is 0 Å². The lowest BCUT2D eigenvalue weighted by Crippen LogP contribution is -2.39.